The predicted octanol–water partition coefficient (Wildman–Crippen LogP) is 4.21. The van der Waals surface area contributed by atoms with E-state index < -0.39 is 5.91 Å². The first-order chi connectivity index (χ1) is 13.4. The van der Waals surface area contributed by atoms with Crippen LogP contribution in [0.3, 0.4) is 0 Å². The van der Waals surface area contributed by atoms with Gasteiger partial charge in [-0.2, -0.15) is 5.10 Å². The van der Waals surface area contributed by atoms with E-state index in [4.69, 9.17) is 11.6 Å². The van der Waals surface area contributed by atoms with E-state index in [9.17, 15) is 10.0 Å². The summed E-state index contributed by atoms with van der Waals surface area (Å²) in [5.74, 6) is 0.858. The molecule has 0 radical (unpaired) electrons. The molecule has 0 aliphatic heterocycles. The summed E-state index contributed by atoms with van der Waals surface area (Å²) in [6.07, 6.45) is 1.52. The molecule has 3 N–H and O–H groups in total. The fraction of sp³-hybridized carbons (Fsp3) is 0.211. The standard InChI is InChI=1S/C19H21ClN6O2/c1-4-26-18(9-12(2)24-26)23-17-10-16(14(20)11-21-17)22-15-8-6-5-7-13(15)19(27)25(3)28/h5-11,28H,4H2,1-3H3,(H2,21,22,23). The smallest absolute Gasteiger partial charge is 0.279 e. The molecule has 28 heavy (non-hydrogen) atoms. The fourth-order valence-corrected chi connectivity index (χ4v) is 2.87. The monoisotopic (exact) mass is 400 g/mol. The molecule has 2 heterocycles. The number of carbonyl (C=O) groups is 1. The van der Waals surface area contributed by atoms with E-state index in [0.29, 0.717) is 32.8 Å². The van der Waals surface area contributed by atoms with Crippen molar-refractivity contribution >= 4 is 40.5 Å². The Balaban J connectivity index is 1.90. The lowest BCUT2D eigenvalue weighted by molar-refractivity contribution is -0.0374. The lowest BCUT2D eigenvalue weighted by atomic mass is 10.1. The van der Waals surface area contributed by atoms with Gasteiger partial charge in [-0.15, -0.1) is 0 Å². The largest absolute Gasteiger partial charge is 0.353 e. The van der Waals surface area contributed by atoms with Crippen molar-refractivity contribution in [2.24, 2.45) is 0 Å². The van der Waals surface area contributed by atoms with Crippen molar-refractivity contribution in [3.05, 3.63) is 58.9 Å². The number of halogens is 1. The van der Waals surface area contributed by atoms with Gasteiger partial charge in [-0.3, -0.25) is 10.0 Å². The highest BCUT2D eigenvalue weighted by Crippen LogP contribution is 2.30. The highest BCUT2D eigenvalue weighted by molar-refractivity contribution is 6.33. The third kappa shape index (κ3) is 4.24. The van der Waals surface area contributed by atoms with E-state index in [1.165, 1.54) is 13.2 Å². The van der Waals surface area contributed by atoms with Gasteiger partial charge in [0.2, 0.25) is 0 Å². The zero-order valence-corrected chi connectivity index (χ0v) is 16.5. The summed E-state index contributed by atoms with van der Waals surface area (Å²) >= 11 is 6.29. The Labute approximate surface area is 167 Å². The maximum atomic E-state index is 12.2. The summed E-state index contributed by atoms with van der Waals surface area (Å²) in [5, 5.41) is 21.2. The van der Waals surface area contributed by atoms with E-state index in [0.717, 1.165) is 18.1 Å². The molecule has 0 spiro atoms. The number of hydrogen-bond acceptors (Lipinski definition) is 6. The quantitative estimate of drug-likeness (QED) is 0.424. The summed E-state index contributed by atoms with van der Waals surface area (Å²) in [6, 6.07) is 10.5. The molecule has 0 saturated carbocycles. The van der Waals surface area contributed by atoms with Gasteiger partial charge in [0.05, 0.1) is 33.9 Å². The van der Waals surface area contributed by atoms with Crippen molar-refractivity contribution in [2.45, 2.75) is 20.4 Å². The number of aromatic nitrogens is 3. The zero-order valence-electron chi connectivity index (χ0n) is 15.8. The molecular formula is C19H21ClN6O2. The van der Waals surface area contributed by atoms with Crippen molar-refractivity contribution in [1.29, 1.82) is 0 Å². The van der Waals surface area contributed by atoms with Crippen LogP contribution in [0.5, 0.6) is 0 Å². The number of pyridine rings is 1. The Morgan fingerprint density at radius 3 is 2.71 bits per heavy atom. The first-order valence-electron chi connectivity index (χ1n) is 8.69. The highest BCUT2D eigenvalue weighted by atomic mass is 35.5. The zero-order chi connectivity index (χ0) is 20.3. The number of hydrogen-bond donors (Lipinski definition) is 3. The van der Waals surface area contributed by atoms with Crippen molar-refractivity contribution in [3.63, 3.8) is 0 Å². The second-order valence-electron chi connectivity index (χ2n) is 6.16. The lowest BCUT2D eigenvalue weighted by Crippen LogP contribution is -2.23. The van der Waals surface area contributed by atoms with Crippen molar-refractivity contribution in [3.8, 4) is 0 Å². The van der Waals surface area contributed by atoms with E-state index in [-0.39, 0.29) is 0 Å². The van der Waals surface area contributed by atoms with Crippen LogP contribution in [0.15, 0.2) is 42.6 Å². The first-order valence-corrected chi connectivity index (χ1v) is 9.06. The Morgan fingerprint density at radius 1 is 1.25 bits per heavy atom. The van der Waals surface area contributed by atoms with Gasteiger partial charge in [-0.05, 0) is 26.0 Å². The van der Waals surface area contributed by atoms with Crippen molar-refractivity contribution in [2.75, 3.05) is 17.7 Å². The number of aryl methyl sites for hydroxylation is 2. The minimum atomic E-state index is -0.533. The highest BCUT2D eigenvalue weighted by Gasteiger charge is 2.15. The second-order valence-corrected chi connectivity index (χ2v) is 6.57. The predicted molar refractivity (Wildman–Crippen MR) is 109 cm³/mol. The number of amides is 1. The minimum Gasteiger partial charge on any atom is -0.353 e. The van der Waals surface area contributed by atoms with Gasteiger partial charge in [0.15, 0.2) is 0 Å². The van der Waals surface area contributed by atoms with E-state index >= 15 is 0 Å². The van der Waals surface area contributed by atoms with Crippen LogP contribution in [-0.4, -0.2) is 38.0 Å². The maximum Gasteiger partial charge on any atom is 0.279 e. The van der Waals surface area contributed by atoms with Gasteiger partial charge in [0.25, 0.3) is 5.91 Å². The second kappa shape index (κ2) is 8.28. The average Bonchev–Trinajstić information content (AvgIpc) is 3.03. The summed E-state index contributed by atoms with van der Waals surface area (Å²) < 4.78 is 1.84. The van der Waals surface area contributed by atoms with Gasteiger partial charge in [0.1, 0.15) is 11.6 Å². The molecule has 9 heteroatoms. The molecule has 0 fully saturated rings. The van der Waals surface area contributed by atoms with Crippen LogP contribution in [0, 0.1) is 6.92 Å². The molecule has 0 aliphatic rings. The number of nitrogens with zero attached hydrogens (tertiary/aromatic N) is 4. The molecule has 0 atom stereocenters. The van der Waals surface area contributed by atoms with Crippen LogP contribution < -0.4 is 10.6 Å². The van der Waals surface area contributed by atoms with Gasteiger partial charge in [0, 0.05) is 25.7 Å². The molecule has 0 bridgehead atoms. The number of nitrogens with one attached hydrogen (secondary N) is 2. The molecule has 3 aromatic rings. The molecule has 8 nitrogen and oxygen atoms in total. The van der Waals surface area contributed by atoms with Crippen LogP contribution in [0.1, 0.15) is 23.0 Å². The van der Waals surface area contributed by atoms with Crippen LogP contribution in [0.25, 0.3) is 0 Å². The SMILES string of the molecule is CCn1nc(C)cc1Nc1cc(Nc2ccccc2C(=O)N(C)O)c(Cl)cn1. The summed E-state index contributed by atoms with van der Waals surface area (Å²) in [6.45, 7) is 4.65. The Morgan fingerprint density at radius 2 is 2.00 bits per heavy atom. The molecule has 3 rings (SSSR count). The van der Waals surface area contributed by atoms with Crippen molar-refractivity contribution < 1.29 is 10.0 Å². The van der Waals surface area contributed by atoms with Crippen LogP contribution in [0.2, 0.25) is 5.02 Å². The minimum absolute atomic E-state index is 0.314. The number of rotatable bonds is 6. The number of anilines is 4. The van der Waals surface area contributed by atoms with E-state index in [1.807, 2.05) is 24.6 Å². The molecular weight excluding hydrogens is 380 g/mol. The van der Waals surface area contributed by atoms with Crippen molar-refractivity contribution in [1.82, 2.24) is 19.8 Å². The first kappa shape index (κ1) is 19.7. The number of hydroxylamine groups is 2. The Hall–Kier alpha value is -3.10. The maximum absolute atomic E-state index is 12.2. The number of para-hydroxylation sites is 1. The number of benzene rings is 1. The Bertz CT molecular complexity index is 1000. The molecule has 2 aromatic heterocycles. The molecule has 1 aromatic carbocycles. The van der Waals surface area contributed by atoms with Crippen LogP contribution >= 0.6 is 11.6 Å². The van der Waals surface area contributed by atoms with E-state index in [2.05, 4.69) is 20.7 Å². The van der Waals surface area contributed by atoms with Gasteiger partial charge in [-0.1, -0.05) is 23.7 Å². The summed E-state index contributed by atoms with van der Waals surface area (Å²) in [4.78, 5) is 16.5. The Kier molecular flexibility index (Phi) is 5.81. The summed E-state index contributed by atoms with van der Waals surface area (Å²) in [7, 11) is 1.28. The fourth-order valence-electron chi connectivity index (χ4n) is 2.72. The normalized spacial score (nSPS) is 10.6. The molecule has 0 aliphatic carbocycles. The average molecular weight is 401 g/mol. The lowest BCUT2D eigenvalue weighted by Gasteiger charge is -2.15. The molecule has 1 amide bonds. The third-order valence-electron chi connectivity index (χ3n) is 4.03. The number of carbonyl (C=O) groups excluding carboxylic acids is 1. The third-order valence-corrected chi connectivity index (χ3v) is 4.34. The summed E-state index contributed by atoms with van der Waals surface area (Å²) in [5.41, 5.74) is 2.30. The molecule has 0 saturated heterocycles. The topological polar surface area (TPSA) is 95.3 Å². The van der Waals surface area contributed by atoms with Crippen LogP contribution in [-0.2, 0) is 6.54 Å². The van der Waals surface area contributed by atoms with Crippen LogP contribution in [0.4, 0.5) is 23.0 Å². The van der Waals surface area contributed by atoms with Gasteiger partial charge < -0.3 is 10.6 Å². The molecule has 0 unspecified atom stereocenters. The van der Waals surface area contributed by atoms with E-state index in [1.54, 1.807) is 30.3 Å². The van der Waals surface area contributed by atoms with Gasteiger partial charge in [-0.25, -0.2) is 14.7 Å². The molecule has 146 valence electrons. The van der Waals surface area contributed by atoms with Gasteiger partial charge >= 0.3 is 0 Å².